The topological polar surface area (TPSA) is 20.2 Å². The molecule has 0 aromatic heterocycles. The number of hydrogen-bond acceptors (Lipinski definition) is 1. The van der Waals surface area contributed by atoms with E-state index in [-0.39, 0.29) is 6.10 Å². The number of aliphatic hydroxyl groups is 1. The van der Waals surface area contributed by atoms with Gasteiger partial charge in [-0.2, -0.15) is 0 Å². The van der Waals surface area contributed by atoms with E-state index < -0.39 is 0 Å². The van der Waals surface area contributed by atoms with Gasteiger partial charge in [-0.25, -0.2) is 0 Å². The van der Waals surface area contributed by atoms with Crippen LogP contribution in [0.25, 0.3) is 0 Å². The second-order valence-corrected chi connectivity index (χ2v) is 6.53. The molecule has 1 N–H and O–H groups in total. The Balaban J connectivity index is 2.12. The molecular formula is C16H23BrO. The zero-order valence-electron chi connectivity index (χ0n) is 11.3. The molecule has 18 heavy (non-hydrogen) atoms. The van der Waals surface area contributed by atoms with Gasteiger partial charge < -0.3 is 5.11 Å². The van der Waals surface area contributed by atoms with E-state index >= 15 is 0 Å². The number of rotatable bonds is 3. The van der Waals surface area contributed by atoms with E-state index in [0.717, 1.165) is 22.4 Å². The summed E-state index contributed by atoms with van der Waals surface area (Å²) in [6, 6.07) is 6.25. The monoisotopic (exact) mass is 310 g/mol. The maximum atomic E-state index is 10.6. The smallest absolute Gasteiger partial charge is 0.0829 e. The molecular weight excluding hydrogens is 288 g/mol. The van der Waals surface area contributed by atoms with E-state index in [0.29, 0.717) is 5.92 Å². The third-order valence-electron chi connectivity index (χ3n) is 4.32. The third kappa shape index (κ3) is 3.16. The van der Waals surface area contributed by atoms with Crippen molar-refractivity contribution in [1.82, 2.24) is 0 Å². The van der Waals surface area contributed by atoms with Crippen molar-refractivity contribution >= 4 is 15.9 Å². The van der Waals surface area contributed by atoms with Gasteiger partial charge in [0, 0.05) is 4.47 Å². The van der Waals surface area contributed by atoms with Crippen LogP contribution in [0.4, 0.5) is 0 Å². The van der Waals surface area contributed by atoms with E-state index in [4.69, 9.17) is 0 Å². The van der Waals surface area contributed by atoms with Crippen molar-refractivity contribution in [2.45, 2.75) is 52.1 Å². The van der Waals surface area contributed by atoms with Crippen LogP contribution in [0.15, 0.2) is 22.7 Å². The Hall–Kier alpha value is -0.340. The van der Waals surface area contributed by atoms with Crippen molar-refractivity contribution in [2.75, 3.05) is 0 Å². The number of hydrogen-bond donors (Lipinski definition) is 1. The van der Waals surface area contributed by atoms with Crippen molar-refractivity contribution in [3.05, 3.63) is 33.8 Å². The van der Waals surface area contributed by atoms with Gasteiger partial charge in [-0.1, -0.05) is 54.2 Å². The van der Waals surface area contributed by atoms with Gasteiger partial charge in [-0.15, -0.1) is 0 Å². The molecule has 1 nitrogen and oxygen atoms in total. The number of halogens is 1. The van der Waals surface area contributed by atoms with Crippen LogP contribution in [0.3, 0.4) is 0 Å². The quantitative estimate of drug-likeness (QED) is 0.832. The first-order valence-electron chi connectivity index (χ1n) is 7.06. The van der Waals surface area contributed by atoms with Crippen molar-refractivity contribution < 1.29 is 5.11 Å². The average Bonchev–Trinajstić information content (AvgIpc) is 2.38. The molecule has 2 heteroatoms. The average molecular weight is 311 g/mol. The molecule has 0 bridgehead atoms. The molecule has 3 unspecified atom stereocenters. The van der Waals surface area contributed by atoms with Gasteiger partial charge in [0.15, 0.2) is 0 Å². The molecule has 1 fully saturated rings. The lowest BCUT2D eigenvalue weighted by molar-refractivity contribution is 0.0673. The summed E-state index contributed by atoms with van der Waals surface area (Å²) in [5.41, 5.74) is 2.29. The van der Waals surface area contributed by atoms with Crippen LogP contribution >= 0.6 is 15.9 Å². The number of aliphatic hydroxyl groups excluding tert-OH is 1. The molecule has 1 aliphatic carbocycles. The molecule has 2 rings (SSSR count). The molecule has 0 heterocycles. The maximum Gasteiger partial charge on any atom is 0.0829 e. The van der Waals surface area contributed by atoms with Gasteiger partial charge in [0.2, 0.25) is 0 Å². The first kappa shape index (κ1) is 14.1. The van der Waals surface area contributed by atoms with E-state index in [1.165, 1.54) is 31.2 Å². The maximum absolute atomic E-state index is 10.6. The van der Waals surface area contributed by atoms with Crippen molar-refractivity contribution in [3.8, 4) is 0 Å². The summed E-state index contributed by atoms with van der Waals surface area (Å²) in [5.74, 6) is 1.24. The SMILES string of the molecule is CCC1CCCC(C(O)c2ccc(C)cc2Br)C1. The van der Waals surface area contributed by atoms with Crippen LogP contribution in [0.2, 0.25) is 0 Å². The summed E-state index contributed by atoms with van der Waals surface area (Å²) < 4.78 is 1.05. The fourth-order valence-electron chi connectivity index (χ4n) is 3.12. The van der Waals surface area contributed by atoms with Crippen LogP contribution < -0.4 is 0 Å². The lowest BCUT2D eigenvalue weighted by Gasteiger charge is -2.32. The zero-order chi connectivity index (χ0) is 13.1. The summed E-state index contributed by atoms with van der Waals surface area (Å²) in [6.45, 7) is 4.34. The van der Waals surface area contributed by atoms with Gasteiger partial charge in [0.05, 0.1) is 6.10 Å². The first-order chi connectivity index (χ1) is 8.61. The third-order valence-corrected chi connectivity index (χ3v) is 5.01. The molecule has 1 aliphatic rings. The summed E-state index contributed by atoms with van der Waals surface area (Å²) in [4.78, 5) is 0. The van der Waals surface area contributed by atoms with E-state index in [1.54, 1.807) is 0 Å². The minimum atomic E-state index is -0.311. The first-order valence-corrected chi connectivity index (χ1v) is 7.85. The van der Waals surface area contributed by atoms with Crippen molar-refractivity contribution in [3.63, 3.8) is 0 Å². The molecule has 0 aliphatic heterocycles. The molecule has 1 saturated carbocycles. The van der Waals surface area contributed by atoms with Crippen molar-refractivity contribution in [1.29, 1.82) is 0 Å². The van der Waals surface area contributed by atoms with E-state index in [2.05, 4.69) is 48.0 Å². The van der Waals surface area contributed by atoms with Gasteiger partial charge in [0.1, 0.15) is 0 Å². The minimum Gasteiger partial charge on any atom is -0.388 e. The Labute approximate surface area is 119 Å². The Morgan fingerprint density at radius 2 is 2.17 bits per heavy atom. The Kier molecular flexibility index (Phi) is 4.85. The van der Waals surface area contributed by atoms with Gasteiger partial charge in [-0.3, -0.25) is 0 Å². The Morgan fingerprint density at radius 1 is 1.39 bits per heavy atom. The standard InChI is InChI=1S/C16H23BrO/c1-3-12-5-4-6-13(10-12)16(18)14-8-7-11(2)9-15(14)17/h7-9,12-13,16,18H,3-6,10H2,1-2H3. The number of benzene rings is 1. The summed E-state index contributed by atoms with van der Waals surface area (Å²) in [5, 5.41) is 10.6. The van der Waals surface area contributed by atoms with Crippen LogP contribution in [0, 0.1) is 18.8 Å². The predicted octanol–water partition coefficient (Wildman–Crippen LogP) is 5.01. The van der Waals surface area contributed by atoms with Crippen LogP contribution in [0.1, 0.15) is 56.3 Å². The molecule has 100 valence electrons. The molecule has 0 radical (unpaired) electrons. The lowest BCUT2D eigenvalue weighted by Crippen LogP contribution is -2.21. The van der Waals surface area contributed by atoms with Gasteiger partial charge in [0.25, 0.3) is 0 Å². The molecule has 0 spiro atoms. The van der Waals surface area contributed by atoms with E-state index in [9.17, 15) is 5.11 Å². The molecule has 3 atom stereocenters. The number of aryl methyl sites for hydroxylation is 1. The highest BCUT2D eigenvalue weighted by molar-refractivity contribution is 9.10. The van der Waals surface area contributed by atoms with Crippen LogP contribution in [-0.2, 0) is 0 Å². The largest absolute Gasteiger partial charge is 0.388 e. The fraction of sp³-hybridized carbons (Fsp3) is 0.625. The Morgan fingerprint density at radius 3 is 2.83 bits per heavy atom. The normalized spacial score (nSPS) is 26.0. The molecule has 0 saturated heterocycles. The van der Waals surface area contributed by atoms with Gasteiger partial charge in [-0.05, 0) is 48.8 Å². The second kappa shape index (κ2) is 6.21. The molecule has 1 aromatic rings. The zero-order valence-corrected chi connectivity index (χ0v) is 12.9. The highest BCUT2D eigenvalue weighted by Crippen LogP contribution is 2.40. The Bertz CT molecular complexity index is 402. The van der Waals surface area contributed by atoms with Crippen LogP contribution in [0.5, 0.6) is 0 Å². The highest BCUT2D eigenvalue weighted by atomic mass is 79.9. The summed E-state index contributed by atoms with van der Waals surface area (Å²) in [7, 11) is 0. The predicted molar refractivity (Wildman–Crippen MR) is 79.6 cm³/mol. The fourth-order valence-corrected chi connectivity index (χ4v) is 3.84. The van der Waals surface area contributed by atoms with E-state index in [1.807, 2.05) is 0 Å². The second-order valence-electron chi connectivity index (χ2n) is 5.67. The lowest BCUT2D eigenvalue weighted by atomic mass is 9.76. The molecule has 0 amide bonds. The van der Waals surface area contributed by atoms with Gasteiger partial charge >= 0.3 is 0 Å². The highest BCUT2D eigenvalue weighted by Gasteiger charge is 2.28. The summed E-state index contributed by atoms with van der Waals surface area (Å²) in [6.07, 6.45) is 5.89. The van der Waals surface area contributed by atoms with Crippen LogP contribution in [-0.4, -0.2) is 5.11 Å². The molecule has 1 aromatic carbocycles. The summed E-state index contributed by atoms with van der Waals surface area (Å²) >= 11 is 3.59. The van der Waals surface area contributed by atoms with Crippen molar-refractivity contribution in [2.24, 2.45) is 11.8 Å². The minimum absolute atomic E-state index is 0.311.